The number of benzene rings is 1. The van der Waals surface area contributed by atoms with Crippen LogP contribution in [0, 0.1) is 26.7 Å². The van der Waals surface area contributed by atoms with Crippen LogP contribution in [0.15, 0.2) is 24.3 Å². The lowest BCUT2D eigenvalue weighted by Gasteiger charge is -2.32. The Kier molecular flexibility index (Phi) is 5.23. The number of aryl methyl sites for hydroxylation is 3. The Morgan fingerprint density at radius 3 is 2.60 bits per heavy atom. The number of nitrogens with one attached hydrogen (secondary N) is 1. The normalized spacial score (nSPS) is 17.4. The molecule has 0 aliphatic carbocycles. The second kappa shape index (κ2) is 7.40. The second-order valence-corrected chi connectivity index (χ2v) is 7.10. The van der Waals surface area contributed by atoms with Gasteiger partial charge in [0, 0.05) is 35.2 Å². The minimum atomic E-state index is -0.0850. The van der Waals surface area contributed by atoms with Crippen LogP contribution >= 0.6 is 11.6 Å². The fourth-order valence-corrected chi connectivity index (χ4v) is 3.32. The van der Waals surface area contributed by atoms with E-state index in [1.807, 2.05) is 39.0 Å². The molecule has 0 radical (unpaired) electrons. The lowest BCUT2D eigenvalue weighted by Crippen LogP contribution is -2.41. The summed E-state index contributed by atoms with van der Waals surface area (Å²) < 4.78 is 0. The Morgan fingerprint density at radius 1 is 1.20 bits per heavy atom. The molecule has 0 spiro atoms. The first-order valence-electron chi connectivity index (χ1n) is 8.56. The van der Waals surface area contributed by atoms with Gasteiger partial charge in [0.1, 0.15) is 0 Å². The quantitative estimate of drug-likeness (QED) is 0.903. The van der Waals surface area contributed by atoms with Crippen molar-refractivity contribution < 1.29 is 4.79 Å². The number of hydrogen-bond donors (Lipinski definition) is 1. The molecule has 1 aromatic carbocycles. The molecular weight excluding hydrogens is 336 g/mol. The number of nitrogens with zero attached hydrogens (tertiary/aromatic N) is 3. The van der Waals surface area contributed by atoms with E-state index in [0.29, 0.717) is 17.5 Å². The maximum atomic E-state index is 12.7. The Bertz CT molecular complexity index is 773. The molecule has 1 unspecified atom stereocenters. The van der Waals surface area contributed by atoms with Crippen LogP contribution in [0.3, 0.4) is 0 Å². The average molecular weight is 359 g/mol. The molecule has 1 aliphatic rings. The molecule has 3 rings (SSSR count). The molecule has 5 nitrogen and oxygen atoms in total. The second-order valence-electron chi connectivity index (χ2n) is 6.69. The van der Waals surface area contributed by atoms with Crippen molar-refractivity contribution in [1.29, 1.82) is 0 Å². The lowest BCUT2D eigenvalue weighted by molar-refractivity contribution is -0.120. The van der Waals surface area contributed by atoms with Gasteiger partial charge in [0.25, 0.3) is 0 Å². The number of carbonyl (C=O) groups excluding carboxylic acids is 1. The predicted octanol–water partition coefficient (Wildman–Crippen LogP) is 3.91. The summed E-state index contributed by atoms with van der Waals surface area (Å²) in [6.45, 7) is 7.38. The number of hydrogen-bond acceptors (Lipinski definition) is 4. The van der Waals surface area contributed by atoms with Gasteiger partial charge in [-0.3, -0.25) is 4.79 Å². The van der Waals surface area contributed by atoms with Gasteiger partial charge in [0.2, 0.25) is 11.9 Å². The summed E-state index contributed by atoms with van der Waals surface area (Å²) in [5.41, 5.74) is 3.63. The molecule has 1 saturated heterocycles. The van der Waals surface area contributed by atoms with Crippen molar-refractivity contribution in [1.82, 2.24) is 9.97 Å². The largest absolute Gasteiger partial charge is 0.340 e. The zero-order valence-corrected chi connectivity index (χ0v) is 15.6. The molecule has 2 aromatic rings. The first-order chi connectivity index (χ1) is 11.9. The molecule has 1 atom stereocenters. The third kappa shape index (κ3) is 4.28. The lowest BCUT2D eigenvalue weighted by atomic mass is 9.97. The smallest absolute Gasteiger partial charge is 0.229 e. The van der Waals surface area contributed by atoms with Crippen LogP contribution in [-0.4, -0.2) is 29.0 Å². The summed E-state index contributed by atoms with van der Waals surface area (Å²) >= 11 is 6.14. The molecular formula is C19H23ClN4O. The van der Waals surface area contributed by atoms with Crippen LogP contribution in [0.4, 0.5) is 11.6 Å². The van der Waals surface area contributed by atoms with Gasteiger partial charge in [0.05, 0.1) is 5.92 Å². The highest BCUT2D eigenvalue weighted by Gasteiger charge is 2.27. The van der Waals surface area contributed by atoms with Crippen molar-refractivity contribution in [3.8, 4) is 0 Å². The van der Waals surface area contributed by atoms with E-state index in [1.165, 1.54) is 0 Å². The van der Waals surface area contributed by atoms with Crippen LogP contribution < -0.4 is 10.2 Å². The predicted molar refractivity (Wildman–Crippen MR) is 101 cm³/mol. The zero-order chi connectivity index (χ0) is 18.0. The number of carbonyl (C=O) groups is 1. The van der Waals surface area contributed by atoms with Gasteiger partial charge >= 0.3 is 0 Å². The van der Waals surface area contributed by atoms with Crippen molar-refractivity contribution >= 4 is 29.1 Å². The highest BCUT2D eigenvalue weighted by molar-refractivity contribution is 6.31. The molecule has 0 bridgehead atoms. The summed E-state index contributed by atoms with van der Waals surface area (Å²) in [5.74, 6) is 0.653. The molecule has 1 aromatic heterocycles. The average Bonchev–Trinajstić information content (AvgIpc) is 2.57. The van der Waals surface area contributed by atoms with E-state index in [0.717, 1.165) is 42.0 Å². The standard InChI is InChI=1S/C19H23ClN4O/c1-12-6-7-16(10-17(12)20)23-18(25)15-5-4-8-24(11-15)19-21-13(2)9-14(3)22-19/h6-7,9-10,15H,4-5,8,11H2,1-3H3,(H,23,25). The van der Waals surface area contributed by atoms with Crippen LogP contribution in [0.2, 0.25) is 5.02 Å². The van der Waals surface area contributed by atoms with Gasteiger partial charge in [-0.1, -0.05) is 17.7 Å². The topological polar surface area (TPSA) is 58.1 Å². The molecule has 1 amide bonds. The maximum Gasteiger partial charge on any atom is 0.229 e. The monoisotopic (exact) mass is 358 g/mol. The minimum absolute atomic E-state index is 0.0222. The zero-order valence-electron chi connectivity index (χ0n) is 14.8. The third-order valence-electron chi connectivity index (χ3n) is 4.48. The van der Waals surface area contributed by atoms with Gasteiger partial charge in [-0.25, -0.2) is 9.97 Å². The molecule has 2 heterocycles. The van der Waals surface area contributed by atoms with E-state index in [9.17, 15) is 4.79 Å². The number of anilines is 2. The van der Waals surface area contributed by atoms with Crippen molar-refractivity contribution in [3.63, 3.8) is 0 Å². The summed E-state index contributed by atoms with van der Waals surface area (Å²) in [7, 11) is 0. The van der Waals surface area contributed by atoms with Gasteiger partial charge in [-0.2, -0.15) is 0 Å². The molecule has 1 N–H and O–H groups in total. The van der Waals surface area contributed by atoms with Crippen LogP contribution in [0.5, 0.6) is 0 Å². The van der Waals surface area contributed by atoms with Gasteiger partial charge in [-0.15, -0.1) is 0 Å². The summed E-state index contributed by atoms with van der Waals surface area (Å²) in [4.78, 5) is 23.8. The Hall–Kier alpha value is -2.14. The van der Waals surface area contributed by atoms with Crippen molar-refractivity contribution in [2.24, 2.45) is 5.92 Å². The number of piperidine rings is 1. The molecule has 25 heavy (non-hydrogen) atoms. The van der Waals surface area contributed by atoms with Gasteiger partial charge in [0.15, 0.2) is 0 Å². The Balaban J connectivity index is 1.69. The molecule has 132 valence electrons. The van der Waals surface area contributed by atoms with Crippen LogP contribution in [-0.2, 0) is 4.79 Å². The van der Waals surface area contributed by atoms with Crippen molar-refractivity contribution in [2.75, 3.05) is 23.3 Å². The van der Waals surface area contributed by atoms with Crippen molar-refractivity contribution in [2.45, 2.75) is 33.6 Å². The maximum absolute atomic E-state index is 12.7. The number of rotatable bonds is 3. The van der Waals surface area contributed by atoms with E-state index < -0.39 is 0 Å². The Labute approximate surface area is 153 Å². The molecule has 0 saturated carbocycles. The summed E-state index contributed by atoms with van der Waals surface area (Å²) in [5, 5.41) is 3.64. The van der Waals surface area contributed by atoms with Crippen LogP contribution in [0.1, 0.15) is 29.8 Å². The van der Waals surface area contributed by atoms with E-state index in [4.69, 9.17) is 11.6 Å². The number of aromatic nitrogens is 2. The highest BCUT2D eigenvalue weighted by Crippen LogP contribution is 2.24. The molecule has 1 fully saturated rings. The van der Waals surface area contributed by atoms with E-state index in [2.05, 4.69) is 20.2 Å². The third-order valence-corrected chi connectivity index (χ3v) is 4.89. The summed E-state index contributed by atoms with van der Waals surface area (Å²) in [6, 6.07) is 7.54. The number of halogens is 1. The van der Waals surface area contributed by atoms with Crippen LogP contribution in [0.25, 0.3) is 0 Å². The van der Waals surface area contributed by atoms with Gasteiger partial charge in [-0.05, 0) is 57.4 Å². The van der Waals surface area contributed by atoms with E-state index in [1.54, 1.807) is 6.07 Å². The fraction of sp³-hybridized carbons (Fsp3) is 0.421. The SMILES string of the molecule is Cc1cc(C)nc(N2CCCC(C(=O)Nc3ccc(C)c(Cl)c3)C2)n1. The highest BCUT2D eigenvalue weighted by atomic mass is 35.5. The van der Waals surface area contributed by atoms with E-state index in [-0.39, 0.29) is 11.8 Å². The first-order valence-corrected chi connectivity index (χ1v) is 8.94. The first kappa shape index (κ1) is 17.7. The van der Waals surface area contributed by atoms with Crippen molar-refractivity contribution in [3.05, 3.63) is 46.2 Å². The van der Waals surface area contributed by atoms with Gasteiger partial charge < -0.3 is 10.2 Å². The number of amides is 1. The Morgan fingerprint density at radius 2 is 1.92 bits per heavy atom. The molecule has 6 heteroatoms. The summed E-state index contributed by atoms with van der Waals surface area (Å²) in [6.07, 6.45) is 1.82. The molecule has 1 aliphatic heterocycles. The fourth-order valence-electron chi connectivity index (χ4n) is 3.14. The van der Waals surface area contributed by atoms with E-state index >= 15 is 0 Å². The minimum Gasteiger partial charge on any atom is -0.340 e.